The summed E-state index contributed by atoms with van der Waals surface area (Å²) >= 11 is 0. The third-order valence-electron chi connectivity index (χ3n) is 3.14. The summed E-state index contributed by atoms with van der Waals surface area (Å²) < 4.78 is 0. The molecule has 1 aromatic rings. The summed E-state index contributed by atoms with van der Waals surface area (Å²) in [6.07, 6.45) is 0. The first-order valence-electron chi connectivity index (χ1n) is 6.72. The highest BCUT2D eigenvalue weighted by Gasteiger charge is 2.17. The summed E-state index contributed by atoms with van der Waals surface area (Å²) in [6, 6.07) is 7.10. The zero-order valence-corrected chi connectivity index (χ0v) is 11.5. The minimum atomic E-state index is -0.379. The van der Waals surface area contributed by atoms with Crippen molar-refractivity contribution in [3.05, 3.63) is 29.8 Å². The molecule has 4 N–H and O–H groups in total. The molecule has 108 valence electrons. The Labute approximate surface area is 118 Å². The molecule has 0 radical (unpaired) electrons. The van der Waals surface area contributed by atoms with Crippen molar-refractivity contribution in [2.45, 2.75) is 6.92 Å². The molecular weight excluding hydrogens is 256 g/mol. The molecule has 6 heteroatoms. The van der Waals surface area contributed by atoms with Gasteiger partial charge in [-0.25, -0.2) is 4.79 Å². The zero-order chi connectivity index (χ0) is 14.4. The first-order valence-corrected chi connectivity index (χ1v) is 6.72. The quantitative estimate of drug-likeness (QED) is 0.630. The lowest BCUT2D eigenvalue weighted by Gasteiger charge is -2.27. The molecule has 1 aliphatic heterocycles. The second-order valence-corrected chi connectivity index (χ2v) is 5.01. The molecule has 3 amide bonds. The van der Waals surface area contributed by atoms with Crippen LogP contribution in [-0.4, -0.2) is 38.1 Å². The second kappa shape index (κ2) is 6.91. The van der Waals surface area contributed by atoms with E-state index in [1.54, 1.807) is 6.07 Å². The summed E-state index contributed by atoms with van der Waals surface area (Å²) in [7, 11) is 0. The van der Waals surface area contributed by atoms with Gasteiger partial charge in [0.15, 0.2) is 0 Å². The molecule has 1 heterocycles. The highest BCUT2D eigenvalue weighted by atomic mass is 16.2. The monoisotopic (exact) mass is 276 g/mol. The predicted molar refractivity (Wildman–Crippen MR) is 77.6 cm³/mol. The molecule has 0 aromatic heterocycles. The molecule has 1 saturated heterocycles. The number of aryl methyl sites for hydroxylation is 1. The number of anilines is 1. The average Bonchev–Trinajstić information content (AvgIpc) is 2.34. The van der Waals surface area contributed by atoms with E-state index in [2.05, 4.69) is 21.3 Å². The molecule has 6 nitrogen and oxygen atoms in total. The van der Waals surface area contributed by atoms with Crippen LogP contribution in [0.4, 0.5) is 10.5 Å². The van der Waals surface area contributed by atoms with Gasteiger partial charge in [0.25, 0.3) is 0 Å². The van der Waals surface area contributed by atoms with Gasteiger partial charge in [0.1, 0.15) is 0 Å². The number of nitrogens with one attached hydrogen (secondary N) is 4. The minimum absolute atomic E-state index is 0.0161. The lowest BCUT2D eigenvalue weighted by atomic mass is 10.0. The van der Waals surface area contributed by atoms with Crippen molar-refractivity contribution >= 4 is 17.6 Å². The Morgan fingerprint density at radius 1 is 1.30 bits per heavy atom. The van der Waals surface area contributed by atoms with Gasteiger partial charge in [0.05, 0.1) is 6.54 Å². The maximum Gasteiger partial charge on any atom is 0.319 e. The van der Waals surface area contributed by atoms with Crippen LogP contribution in [-0.2, 0) is 4.79 Å². The Bertz CT molecular complexity index is 486. The van der Waals surface area contributed by atoms with Gasteiger partial charge in [-0.2, -0.15) is 0 Å². The second-order valence-electron chi connectivity index (χ2n) is 5.01. The van der Waals surface area contributed by atoms with E-state index < -0.39 is 0 Å². The molecular formula is C14H20N4O2. The fourth-order valence-corrected chi connectivity index (χ4v) is 1.87. The van der Waals surface area contributed by atoms with E-state index in [0.717, 1.165) is 18.7 Å². The Hall–Kier alpha value is -2.08. The summed E-state index contributed by atoms with van der Waals surface area (Å²) in [5.74, 6) is 0.344. The van der Waals surface area contributed by atoms with Crippen molar-refractivity contribution in [1.82, 2.24) is 16.0 Å². The van der Waals surface area contributed by atoms with Crippen molar-refractivity contribution in [1.29, 1.82) is 0 Å². The summed E-state index contributed by atoms with van der Waals surface area (Å²) in [5, 5.41) is 11.1. The topological polar surface area (TPSA) is 82.3 Å². The molecule has 20 heavy (non-hydrogen) atoms. The molecule has 1 fully saturated rings. The van der Waals surface area contributed by atoms with Crippen LogP contribution in [0.2, 0.25) is 0 Å². The van der Waals surface area contributed by atoms with Gasteiger partial charge >= 0.3 is 6.03 Å². The highest BCUT2D eigenvalue weighted by molar-refractivity contribution is 5.92. The number of benzene rings is 1. The van der Waals surface area contributed by atoms with E-state index in [1.807, 2.05) is 25.1 Å². The van der Waals surface area contributed by atoms with Crippen LogP contribution in [0.25, 0.3) is 0 Å². The lowest BCUT2D eigenvalue weighted by Crippen LogP contribution is -2.49. The number of amides is 3. The third-order valence-corrected chi connectivity index (χ3v) is 3.14. The fourth-order valence-electron chi connectivity index (χ4n) is 1.87. The normalized spacial score (nSPS) is 14.2. The third kappa shape index (κ3) is 4.55. The Morgan fingerprint density at radius 2 is 2.10 bits per heavy atom. The van der Waals surface area contributed by atoms with E-state index in [4.69, 9.17) is 0 Å². The van der Waals surface area contributed by atoms with Crippen molar-refractivity contribution in [2.75, 3.05) is 31.5 Å². The molecule has 0 bridgehead atoms. The Balaban J connectivity index is 1.65. The van der Waals surface area contributed by atoms with Crippen molar-refractivity contribution in [3.63, 3.8) is 0 Å². The van der Waals surface area contributed by atoms with Crippen LogP contribution in [0.5, 0.6) is 0 Å². The van der Waals surface area contributed by atoms with Crippen LogP contribution in [0.3, 0.4) is 0 Å². The van der Waals surface area contributed by atoms with E-state index in [9.17, 15) is 9.59 Å². The first kappa shape index (κ1) is 14.3. The van der Waals surface area contributed by atoms with Crippen LogP contribution in [0, 0.1) is 12.8 Å². The van der Waals surface area contributed by atoms with Gasteiger partial charge in [-0.15, -0.1) is 0 Å². The van der Waals surface area contributed by atoms with Gasteiger partial charge in [-0.05, 0) is 24.6 Å². The van der Waals surface area contributed by atoms with E-state index in [-0.39, 0.29) is 18.5 Å². The standard InChI is InChI=1S/C14H20N4O2/c1-10-3-2-4-12(5-10)18-14(20)17-9-13(19)16-8-11-6-15-7-11/h2-5,11,15H,6-9H2,1H3,(H,16,19)(H2,17,18,20). The van der Waals surface area contributed by atoms with Gasteiger partial charge in [-0.1, -0.05) is 12.1 Å². The van der Waals surface area contributed by atoms with Crippen molar-refractivity contribution in [3.8, 4) is 0 Å². The maximum atomic E-state index is 11.6. The van der Waals surface area contributed by atoms with Crippen molar-refractivity contribution < 1.29 is 9.59 Å². The fraction of sp³-hybridized carbons (Fsp3) is 0.429. The molecule has 1 aromatic carbocycles. The molecule has 0 aliphatic carbocycles. The first-order chi connectivity index (χ1) is 9.63. The van der Waals surface area contributed by atoms with Gasteiger partial charge in [0, 0.05) is 31.2 Å². The van der Waals surface area contributed by atoms with Gasteiger partial charge in [0.2, 0.25) is 5.91 Å². The molecule has 2 rings (SSSR count). The molecule has 0 spiro atoms. The predicted octanol–water partition coefficient (Wildman–Crippen LogP) is 0.452. The lowest BCUT2D eigenvalue weighted by molar-refractivity contribution is -0.120. The van der Waals surface area contributed by atoms with Crippen LogP contribution in [0.1, 0.15) is 5.56 Å². The number of carbonyl (C=O) groups excluding carboxylic acids is 2. The highest BCUT2D eigenvalue weighted by Crippen LogP contribution is 2.08. The van der Waals surface area contributed by atoms with E-state index >= 15 is 0 Å². The average molecular weight is 276 g/mol. The Morgan fingerprint density at radius 3 is 2.75 bits per heavy atom. The number of urea groups is 1. The molecule has 0 atom stereocenters. The molecule has 0 unspecified atom stereocenters. The van der Waals surface area contributed by atoms with Crippen LogP contribution < -0.4 is 21.3 Å². The maximum absolute atomic E-state index is 11.6. The number of hydrogen-bond donors (Lipinski definition) is 4. The number of rotatable bonds is 5. The molecule has 0 saturated carbocycles. The van der Waals surface area contributed by atoms with E-state index in [1.165, 1.54) is 0 Å². The van der Waals surface area contributed by atoms with Crippen molar-refractivity contribution in [2.24, 2.45) is 5.92 Å². The zero-order valence-electron chi connectivity index (χ0n) is 11.5. The SMILES string of the molecule is Cc1cccc(NC(=O)NCC(=O)NCC2CNC2)c1. The van der Waals surface area contributed by atoms with E-state index in [0.29, 0.717) is 18.2 Å². The van der Waals surface area contributed by atoms with Crippen LogP contribution >= 0.6 is 0 Å². The van der Waals surface area contributed by atoms with Gasteiger partial charge < -0.3 is 21.3 Å². The minimum Gasteiger partial charge on any atom is -0.354 e. The van der Waals surface area contributed by atoms with Crippen LogP contribution in [0.15, 0.2) is 24.3 Å². The number of carbonyl (C=O) groups is 2. The summed E-state index contributed by atoms with van der Waals surface area (Å²) in [4.78, 5) is 23.1. The Kier molecular flexibility index (Phi) is 4.95. The smallest absolute Gasteiger partial charge is 0.319 e. The number of hydrogen-bond acceptors (Lipinski definition) is 3. The molecule has 1 aliphatic rings. The largest absolute Gasteiger partial charge is 0.354 e. The van der Waals surface area contributed by atoms with Gasteiger partial charge in [-0.3, -0.25) is 4.79 Å². The summed E-state index contributed by atoms with van der Waals surface area (Å²) in [5.41, 5.74) is 1.78. The summed E-state index contributed by atoms with van der Waals surface area (Å²) in [6.45, 7) is 4.49.